The number of carbonyl (C=O) groups excluding carboxylic acids is 1. The fraction of sp³-hybridized carbons (Fsp3) is 0.600. The lowest BCUT2D eigenvalue weighted by molar-refractivity contribution is 0.0922. The lowest BCUT2D eigenvalue weighted by atomic mass is 9.84. The van der Waals surface area contributed by atoms with E-state index in [1.165, 1.54) is 19.3 Å². The highest BCUT2D eigenvalue weighted by Gasteiger charge is 2.22. The molecular weight excluding hydrogens is 238 g/mol. The second-order valence-corrected chi connectivity index (χ2v) is 5.27. The van der Waals surface area contributed by atoms with E-state index in [0.717, 1.165) is 24.4 Å². The number of pyridine rings is 1. The highest BCUT2D eigenvalue weighted by molar-refractivity contribution is 5.99. The fourth-order valence-electron chi connectivity index (χ4n) is 2.77. The Kier molecular flexibility index (Phi) is 4.77. The summed E-state index contributed by atoms with van der Waals surface area (Å²) in [5.41, 5.74) is 1.46. The minimum Gasteiger partial charge on any atom is -0.387 e. The van der Waals surface area contributed by atoms with Gasteiger partial charge in [-0.3, -0.25) is 9.78 Å². The Morgan fingerprint density at radius 2 is 2.11 bits per heavy atom. The van der Waals surface area contributed by atoms with Crippen LogP contribution in [-0.4, -0.2) is 24.0 Å². The smallest absolute Gasteiger partial charge is 0.255 e. The van der Waals surface area contributed by atoms with Crippen molar-refractivity contribution in [2.45, 2.75) is 45.1 Å². The molecule has 1 aromatic heterocycles. The van der Waals surface area contributed by atoms with Crippen LogP contribution >= 0.6 is 0 Å². The second kappa shape index (κ2) is 6.55. The molecule has 1 amide bonds. The van der Waals surface area contributed by atoms with Gasteiger partial charge in [-0.15, -0.1) is 0 Å². The van der Waals surface area contributed by atoms with Crippen molar-refractivity contribution < 1.29 is 4.79 Å². The summed E-state index contributed by atoms with van der Waals surface area (Å²) < 4.78 is 0. The zero-order chi connectivity index (χ0) is 13.7. The summed E-state index contributed by atoms with van der Waals surface area (Å²) in [4.78, 5) is 16.3. The van der Waals surface area contributed by atoms with Crippen LogP contribution in [0.5, 0.6) is 0 Å². The molecule has 4 nitrogen and oxygen atoms in total. The van der Waals surface area contributed by atoms with E-state index >= 15 is 0 Å². The Balaban J connectivity index is 1.94. The maximum Gasteiger partial charge on any atom is 0.255 e. The van der Waals surface area contributed by atoms with Crippen LogP contribution in [0, 0.1) is 5.92 Å². The maximum atomic E-state index is 12.3. The van der Waals surface area contributed by atoms with Crippen LogP contribution in [0.25, 0.3) is 0 Å². The van der Waals surface area contributed by atoms with Crippen LogP contribution in [0.4, 0.5) is 5.69 Å². The standard InChI is InChI=1S/C15H23N3O/c1-3-11-4-6-12(7-5-11)18-15(19)13-10-17-9-8-14(13)16-2/h8-12H,3-7H2,1-2H3,(H,16,17)(H,18,19). The van der Waals surface area contributed by atoms with Gasteiger partial charge in [0, 0.05) is 31.2 Å². The van der Waals surface area contributed by atoms with Crippen molar-refractivity contribution in [3.8, 4) is 0 Å². The van der Waals surface area contributed by atoms with Crippen molar-refractivity contribution in [3.63, 3.8) is 0 Å². The maximum absolute atomic E-state index is 12.3. The van der Waals surface area contributed by atoms with Crippen molar-refractivity contribution in [1.29, 1.82) is 0 Å². The third-order valence-corrected chi connectivity index (χ3v) is 4.09. The quantitative estimate of drug-likeness (QED) is 0.876. The van der Waals surface area contributed by atoms with Gasteiger partial charge in [-0.25, -0.2) is 0 Å². The molecule has 1 aromatic rings. The van der Waals surface area contributed by atoms with E-state index in [4.69, 9.17) is 0 Å². The first kappa shape index (κ1) is 13.8. The van der Waals surface area contributed by atoms with Gasteiger partial charge in [-0.1, -0.05) is 13.3 Å². The van der Waals surface area contributed by atoms with E-state index in [1.54, 1.807) is 12.4 Å². The molecule has 0 saturated heterocycles. The van der Waals surface area contributed by atoms with E-state index in [1.807, 2.05) is 13.1 Å². The molecule has 0 unspecified atom stereocenters. The molecule has 104 valence electrons. The zero-order valence-electron chi connectivity index (χ0n) is 11.8. The van der Waals surface area contributed by atoms with Crippen molar-refractivity contribution in [2.75, 3.05) is 12.4 Å². The summed E-state index contributed by atoms with van der Waals surface area (Å²) in [6.45, 7) is 2.25. The number of amides is 1. The molecule has 0 bridgehead atoms. The predicted octanol–water partition coefficient (Wildman–Crippen LogP) is 2.82. The Bertz CT molecular complexity index is 425. The van der Waals surface area contributed by atoms with Crippen LogP contribution in [-0.2, 0) is 0 Å². The van der Waals surface area contributed by atoms with E-state index in [2.05, 4.69) is 22.5 Å². The normalized spacial score (nSPS) is 22.8. The van der Waals surface area contributed by atoms with Crippen LogP contribution in [0.15, 0.2) is 18.5 Å². The number of nitrogens with one attached hydrogen (secondary N) is 2. The third-order valence-electron chi connectivity index (χ3n) is 4.09. The predicted molar refractivity (Wildman–Crippen MR) is 77.3 cm³/mol. The number of nitrogens with zero attached hydrogens (tertiary/aromatic N) is 1. The van der Waals surface area contributed by atoms with Gasteiger partial charge >= 0.3 is 0 Å². The summed E-state index contributed by atoms with van der Waals surface area (Å²) in [6.07, 6.45) is 9.22. The first-order valence-electron chi connectivity index (χ1n) is 7.17. The molecule has 2 rings (SSSR count). The van der Waals surface area contributed by atoms with E-state index < -0.39 is 0 Å². The van der Waals surface area contributed by atoms with Crippen LogP contribution in [0.2, 0.25) is 0 Å². The SMILES string of the molecule is CCC1CCC(NC(=O)c2cnccc2NC)CC1. The number of carbonyl (C=O) groups is 1. The van der Waals surface area contributed by atoms with Gasteiger partial charge in [0.15, 0.2) is 0 Å². The van der Waals surface area contributed by atoms with Crippen LogP contribution in [0.3, 0.4) is 0 Å². The number of hydrogen-bond acceptors (Lipinski definition) is 3. The Hall–Kier alpha value is -1.58. The lowest BCUT2D eigenvalue weighted by Gasteiger charge is -2.28. The highest BCUT2D eigenvalue weighted by Crippen LogP contribution is 2.26. The molecule has 1 heterocycles. The molecule has 0 atom stereocenters. The molecule has 0 aliphatic heterocycles. The van der Waals surface area contributed by atoms with Gasteiger partial charge in [0.1, 0.15) is 0 Å². The molecule has 1 aliphatic rings. The lowest BCUT2D eigenvalue weighted by Crippen LogP contribution is -2.37. The van der Waals surface area contributed by atoms with E-state index in [9.17, 15) is 4.79 Å². The van der Waals surface area contributed by atoms with Crippen molar-refractivity contribution in [3.05, 3.63) is 24.0 Å². The van der Waals surface area contributed by atoms with E-state index in [0.29, 0.717) is 11.6 Å². The third kappa shape index (κ3) is 3.46. The molecule has 0 spiro atoms. The van der Waals surface area contributed by atoms with Gasteiger partial charge in [0.25, 0.3) is 5.91 Å². The molecule has 1 saturated carbocycles. The van der Waals surface area contributed by atoms with Crippen molar-refractivity contribution >= 4 is 11.6 Å². The van der Waals surface area contributed by atoms with Crippen LogP contribution in [0.1, 0.15) is 49.4 Å². The molecule has 1 fully saturated rings. The molecule has 2 N–H and O–H groups in total. The number of aromatic nitrogens is 1. The molecule has 0 radical (unpaired) electrons. The second-order valence-electron chi connectivity index (χ2n) is 5.27. The van der Waals surface area contributed by atoms with Crippen molar-refractivity contribution in [2.24, 2.45) is 5.92 Å². The van der Waals surface area contributed by atoms with Crippen LogP contribution < -0.4 is 10.6 Å². The van der Waals surface area contributed by atoms with Gasteiger partial charge in [-0.05, 0) is 37.7 Å². The Morgan fingerprint density at radius 1 is 1.37 bits per heavy atom. The zero-order valence-corrected chi connectivity index (χ0v) is 11.8. The number of anilines is 1. The van der Waals surface area contributed by atoms with Gasteiger partial charge in [-0.2, -0.15) is 0 Å². The summed E-state index contributed by atoms with van der Waals surface area (Å²) in [6, 6.07) is 2.14. The van der Waals surface area contributed by atoms with E-state index in [-0.39, 0.29) is 5.91 Å². The summed E-state index contributed by atoms with van der Waals surface area (Å²) in [5, 5.41) is 6.16. The first-order chi connectivity index (χ1) is 9.24. The minimum absolute atomic E-state index is 0.0163. The summed E-state index contributed by atoms with van der Waals surface area (Å²) in [7, 11) is 1.82. The summed E-state index contributed by atoms with van der Waals surface area (Å²) >= 11 is 0. The number of hydrogen-bond donors (Lipinski definition) is 2. The molecule has 19 heavy (non-hydrogen) atoms. The topological polar surface area (TPSA) is 54.0 Å². The molecular formula is C15H23N3O. The average Bonchev–Trinajstić information content (AvgIpc) is 2.48. The largest absolute Gasteiger partial charge is 0.387 e. The van der Waals surface area contributed by atoms with Gasteiger partial charge in [0.05, 0.1) is 5.56 Å². The summed E-state index contributed by atoms with van der Waals surface area (Å²) in [5.74, 6) is 0.830. The Labute approximate surface area is 115 Å². The monoisotopic (exact) mass is 261 g/mol. The van der Waals surface area contributed by atoms with Gasteiger partial charge in [0.2, 0.25) is 0 Å². The molecule has 0 aromatic carbocycles. The molecule has 1 aliphatic carbocycles. The Morgan fingerprint density at radius 3 is 2.74 bits per heavy atom. The van der Waals surface area contributed by atoms with Gasteiger partial charge < -0.3 is 10.6 Å². The van der Waals surface area contributed by atoms with Crippen molar-refractivity contribution in [1.82, 2.24) is 10.3 Å². The minimum atomic E-state index is -0.0163. The molecule has 4 heteroatoms. The fourth-order valence-corrected chi connectivity index (χ4v) is 2.77. The highest BCUT2D eigenvalue weighted by atomic mass is 16.1. The first-order valence-corrected chi connectivity index (χ1v) is 7.17. The average molecular weight is 261 g/mol. The number of rotatable bonds is 4.